The SMILES string of the molecule is COC(=O)[C@H](CCCCN)NC(=O)CNC(=O)[C@H](CC(=O)O)NC(=O)[C@H](CO)NC(=O)CNC(=O)[C@H](C)N. The maximum atomic E-state index is 12.5. The first-order valence-corrected chi connectivity index (χ1v) is 11.7. The molecule has 38 heavy (non-hydrogen) atoms. The minimum absolute atomic E-state index is 0.241. The van der Waals surface area contributed by atoms with Gasteiger partial charge in [-0.05, 0) is 32.7 Å². The number of carboxylic acids is 1. The van der Waals surface area contributed by atoms with Crippen LogP contribution in [-0.4, -0.2) is 109 Å². The first-order chi connectivity index (χ1) is 17.9. The zero-order valence-corrected chi connectivity index (χ0v) is 21.3. The van der Waals surface area contributed by atoms with Gasteiger partial charge in [-0.25, -0.2) is 4.79 Å². The van der Waals surface area contributed by atoms with Crippen LogP contribution in [0.2, 0.25) is 0 Å². The molecule has 0 saturated carbocycles. The molecule has 0 rings (SSSR count). The Morgan fingerprint density at radius 2 is 1.37 bits per heavy atom. The summed E-state index contributed by atoms with van der Waals surface area (Å²) in [7, 11) is 1.14. The monoisotopic (exact) mass is 547 g/mol. The molecule has 216 valence electrons. The van der Waals surface area contributed by atoms with Gasteiger partial charge in [-0.1, -0.05) is 0 Å². The summed E-state index contributed by atoms with van der Waals surface area (Å²) >= 11 is 0. The van der Waals surface area contributed by atoms with Crippen LogP contribution in [-0.2, 0) is 38.3 Å². The van der Waals surface area contributed by atoms with Crippen LogP contribution in [0.5, 0.6) is 0 Å². The molecule has 17 nitrogen and oxygen atoms in total. The van der Waals surface area contributed by atoms with Crippen LogP contribution in [0.4, 0.5) is 0 Å². The van der Waals surface area contributed by atoms with Gasteiger partial charge in [0.25, 0.3) is 0 Å². The van der Waals surface area contributed by atoms with Crippen LogP contribution >= 0.6 is 0 Å². The molecule has 0 aliphatic rings. The van der Waals surface area contributed by atoms with Gasteiger partial charge in [-0.15, -0.1) is 0 Å². The molecule has 0 heterocycles. The van der Waals surface area contributed by atoms with Gasteiger partial charge < -0.3 is 53.0 Å². The second-order valence-electron chi connectivity index (χ2n) is 8.11. The lowest BCUT2D eigenvalue weighted by Gasteiger charge is -2.21. The molecule has 0 aromatic rings. The maximum Gasteiger partial charge on any atom is 0.328 e. The Morgan fingerprint density at radius 3 is 1.84 bits per heavy atom. The summed E-state index contributed by atoms with van der Waals surface area (Å²) in [5.74, 6) is -6.61. The molecule has 0 unspecified atom stereocenters. The number of esters is 1. The molecule has 0 fully saturated rings. The number of carboxylic acid groups (broad SMARTS) is 1. The van der Waals surface area contributed by atoms with Crippen LogP contribution in [0.25, 0.3) is 0 Å². The Labute approximate surface area is 218 Å². The number of rotatable bonds is 18. The Hall–Kier alpha value is -3.83. The van der Waals surface area contributed by atoms with Crippen molar-refractivity contribution in [1.82, 2.24) is 26.6 Å². The quantitative estimate of drug-likeness (QED) is 0.0575. The second kappa shape index (κ2) is 18.4. The predicted molar refractivity (Wildman–Crippen MR) is 130 cm³/mol. The van der Waals surface area contributed by atoms with Crippen molar-refractivity contribution in [3.8, 4) is 0 Å². The van der Waals surface area contributed by atoms with Crippen molar-refractivity contribution in [2.24, 2.45) is 11.5 Å². The number of aliphatic carboxylic acids is 1. The van der Waals surface area contributed by atoms with Crippen molar-refractivity contribution in [3.05, 3.63) is 0 Å². The van der Waals surface area contributed by atoms with Crippen LogP contribution < -0.4 is 38.1 Å². The van der Waals surface area contributed by atoms with E-state index in [2.05, 4.69) is 31.3 Å². The fraction of sp³-hybridized carbons (Fsp3) is 0.667. The largest absolute Gasteiger partial charge is 0.481 e. The topological polar surface area (TPSA) is 281 Å². The van der Waals surface area contributed by atoms with Gasteiger partial charge in [0, 0.05) is 0 Å². The Kier molecular flexibility index (Phi) is 16.6. The van der Waals surface area contributed by atoms with E-state index in [1.54, 1.807) is 0 Å². The summed E-state index contributed by atoms with van der Waals surface area (Å²) < 4.78 is 4.63. The van der Waals surface area contributed by atoms with Crippen molar-refractivity contribution in [2.45, 2.75) is 56.8 Å². The molecule has 0 bridgehead atoms. The minimum Gasteiger partial charge on any atom is -0.481 e. The molecule has 4 atom stereocenters. The summed E-state index contributed by atoms with van der Waals surface area (Å²) in [6, 6.07) is -5.15. The van der Waals surface area contributed by atoms with Crippen molar-refractivity contribution < 1.29 is 48.5 Å². The Morgan fingerprint density at radius 1 is 0.816 bits per heavy atom. The van der Waals surface area contributed by atoms with E-state index in [9.17, 15) is 38.7 Å². The molecule has 0 spiro atoms. The highest BCUT2D eigenvalue weighted by atomic mass is 16.5. The molecule has 0 aliphatic heterocycles. The lowest BCUT2D eigenvalue weighted by atomic mass is 10.1. The minimum atomic E-state index is -1.68. The first kappa shape index (κ1) is 34.2. The van der Waals surface area contributed by atoms with Crippen molar-refractivity contribution >= 4 is 41.5 Å². The molecular formula is C21H37N7O10. The van der Waals surface area contributed by atoms with Crippen molar-refractivity contribution in [2.75, 3.05) is 33.4 Å². The number of hydrogen-bond donors (Lipinski definition) is 9. The summed E-state index contributed by atoms with van der Waals surface area (Å²) in [4.78, 5) is 83.6. The number of hydrogen-bond acceptors (Lipinski definition) is 11. The van der Waals surface area contributed by atoms with E-state index in [-0.39, 0.29) is 6.42 Å². The summed E-state index contributed by atoms with van der Waals surface area (Å²) in [5.41, 5.74) is 10.8. The summed E-state index contributed by atoms with van der Waals surface area (Å²) in [6.07, 6.45) is 0.480. The highest BCUT2D eigenvalue weighted by Gasteiger charge is 2.29. The van der Waals surface area contributed by atoms with E-state index < -0.39 is 91.8 Å². The van der Waals surface area contributed by atoms with E-state index in [0.29, 0.717) is 19.4 Å². The molecule has 5 amide bonds. The highest BCUT2D eigenvalue weighted by molar-refractivity contribution is 5.96. The molecule has 0 aromatic heterocycles. The Balaban J connectivity index is 5.07. The third-order valence-electron chi connectivity index (χ3n) is 4.87. The lowest BCUT2D eigenvalue weighted by molar-refractivity contribution is -0.145. The van der Waals surface area contributed by atoms with E-state index >= 15 is 0 Å². The second-order valence-corrected chi connectivity index (χ2v) is 8.11. The molecule has 0 aliphatic carbocycles. The van der Waals surface area contributed by atoms with E-state index in [1.165, 1.54) is 6.92 Å². The van der Waals surface area contributed by atoms with Crippen LogP contribution in [0.1, 0.15) is 32.6 Å². The van der Waals surface area contributed by atoms with Gasteiger partial charge in [0.15, 0.2) is 0 Å². The van der Waals surface area contributed by atoms with Gasteiger partial charge >= 0.3 is 11.9 Å². The number of ether oxygens (including phenoxy) is 1. The van der Waals surface area contributed by atoms with E-state index in [0.717, 1.165) is 7.11 Å². The number of unbranched alkanes of at least 4 members (excludes halogenated alkanes) is 1. The molecule has 17 heteroatoms. The van der Waals surface area contributed by atoms with Crippen LogP contribution in [0.15, 0.2) is 0 Å². The molecule has 0 saturated heterocycles. The molecule has 11 N–H and O–H groups in total. The predicted octanol–water partition coefficient (Wildman–Crippen LogP) is -5.21. The average molecular weight is 548 g/mol. The van der Waals surface area contributed by atoms with Gasteiger partial charge in [0.05, 0.1) is 39.3 Å². The van der Waals surface area contributed by atoms with Crippen molar-refractivity contribution in [1.29, 1.82) is 0 Å². The normalized spacial score (nSPS) is 13.6. The van der Waals surface area contributed by atoms with Gasteiger partial charge in [-0.2, -0.15) is 0 Å². The Bertz CT molecular complexity index is 852. The lowest BCUT2D eigenvalue weighted by Crippen LogP contribution is -2.57. The number of nitrogens with two attached hydrogens (primary N) is 2. The summed E-state index contributed by atoms with van der Waals surface area (Å²) in [6.45, 7) is -0.359. The standard InChI is InChI=1S/C21H37N7O10/c1-11(23)18(34)24-8-16(31)27-14(10-29)20(36)28-13(7-17(32)33)19(35)25-9-15(30)26-12(21(37)38-2)5-3-4-6-22/h11-14,29H,3-10,22-23H2,1-2H3,(H,24,34)(H,25,35)(H,26,30)(H,27,31)(H,28,36)(H,32,33)/t11-,12-,13-,14-/m0/s1. The van der Waals surface area contributed by atoms with Crippen LogP contribution in [0, 0.1) is 0 Å². The number of nitrogens with one attached hydrogen (secondary N) is 5. The zero-order valence-electron chi connectivity index (χ0n) is 21.3. The molecule has 0 aromatic carbocycles. The number of carbonyl (C=O) groups is 7. The van der Waals surface area contributed by atoms with E-state index in [4.69, 9.17) is 16.6 Å². The molecule has 0 radical (unpaired) electrons. The fourth-order valence-corrected chi connectivity index (χ4v) is 2.84. The first-order valence-electron chi connectivity index (χ1n) is 11.7. The van der Waals surface area contributed by atoms with Gasteiger partial charge in [0.2, 0.25) is 29.5 Å². The smallest absolute Gasteiger partial charge is 0.328 e. The number of aliphatic hydroxyl groups is 1. The van der Waals surface area contributed by atoms with Gasteiger partial charge in [0.1, 0.15) is 18.1 Å². The number of amides is 5. The fourth-order valence-electron chi connectivity index (χ4n) is 2.84. The average Bonchev–Trinajstić information content (AvgIpc) is 2.86. The number of aliphatic hydroxyl groups excluding tert-OH is 1. The zero-order chi connectivity index (χ0) is 29.3. The summed E-state index contributed by atoms with van der Waals surface area (Å²) in [5, 5.41) is 29.5. The number of carbonyl (C=O) groups excluding carboxylic acids is 6. The number of methoxy groups -OCH3 is 1. The highest BCUT2D eigenvalue weighted by Crippen LogP contribution is 2.02. The van der Waals surface area contributed by atoms with Crippen molar-refractivity contribution in [3.63, 3.8) is 0 Å². The molecular weight excluding hydrogens is 510 g/mol. The third-order valence-corrected chi connectivity index (χ3v) is 4.87. The maximum absolute atomic E-state index is 12.5. The van der Waals surface area contributed by atoms with Crippen LogP contribution in [0.3, 0.4) is 0 Å². The third kappa shape index (κ3) is 14.0. The van der Waals surface area contributed by atoms with E-state index in [1.807, 2.05) is 0 Å². The van der Waals surface area contributed by atoms with Gasteiger partial charge in [-0.3, -0.25) is 28.8 Å².